The molecule has 5 rings (SSSR count). The van der Waals surface area contributed by atoms with Crippen molar-refractivity contribution in [2.24, 2.45) is 4.99 Å². The fourth-order valence-electron chi connectivity index (χ4n) is 3.79. The molecule has 158 valence electrons. The third-order valence-corrected chi connectivity index (χ3v) is 6.47. The third-order valence-electron chi connectivity index (χ3n) is 5.31. The molecule has 0 spiro atoms. The molecule has 7 heteroatoms. The highest BCUT2D eigenvalue weighted by atomic mass is 35.5. The van der Waals surface area contributed by atoms with E-state index in [2.05, 4.69) is 58.0 Å². The molecular formula is C25H19ClN4OS. The van der Waals surface area contributed by atoms with Crippen LogP contribution in [-0.4, -0.2) is 20.6 Å². The Balaban J connectivity index is 1.46. The molecule has 4 aromatic rings. The zero-order chi connectivity index (χ0) is 22.2. The van der Waals surface area contributed by atoms with E-state index in [1.165, 1.54) is 11.8 Å². The number of rotatable bonds is 3. The van der Waals surface area contributed by atoms with Gasteiger partial charge in [-0.3, -0.25) is 9.78 Å². The van der Waals surface area contributed by atoms with Crippen LogP contribution in [0.5, 0.6) is 0 Å². The first-order chi connectivity index (χ1) is 15.5. The predicted octanol–water partition coefficient (Wildman–Crippen LogP) is 6.19. The number of aryl methyl sites for hydroxylation is 1. The number of aromatic nitrogens is 2. The SMILES string of the molecule is Cc1cc(/C=C2\SC(=Nc3ccc(Cl)cc3)NC2=O)c(C)n1-c1ccc2ncccc2c1. The lowest BCUT2D eigenvalue weighted by Crippen LogP contribution is -2.19. The van der Waals surface area contributed by atoms with Crippen molar-refractivity contribution >= 4 is 57.1 Å². The number of halogens is 1. The van der Waals surface area contributed by atoms with Gasteiger partial charge >= 0.3 is 0 Å². The smallest absolute Gasteiger partial charge is 0.264 e. The molecule has 1 aliphatic heterocycles. The van der Waals surface area contributed by atoms with Crippen LogP contribution >= 0.6 is 23.4 Å². The lowest BCUT2D eigenvalue weighted by atomic mass is 10.2. The summed E-state index contributed by atoms with van der Waals surface area (Å²) in [5.74, 6) is -0.149. The Bertz CT molecular complexity index is 1420. The number of hydrogen-bond acceptors (Lipinski definition) is 4. The number of nitrogens with zero attached hydrogens (tertiary/aromatic N) is 3. The Hall–Kier alpha value is -3.35. The average Bonchev–Trinajstić information content (AvgIpc) is 3.27. The van der Waals surface area contributed by atoms with Crippen molar-refractivity contribution in [1.29, 1.82) is 0 Å². The number of amidine groups is 1. The second-order valence-corrected chi connectivity index (χ2v) is 8.97. The number of pyridine rings is 1. The van der Waals surface area contributed by atoms with Crippen LogP contribution in [0.25, 0.3) is 22.7 Å². The minimum Gasteiger partial charge on any atom is -0.318 e. The first-order valence-electron chi connectivity index (χ1n) is 10.1. The van der Waals surface area contributed by atoms with Gasteiger partial charge in [0.05, 0.1) is 16.1 Å². The molecule has 32 heavy (non-hydrogen) atoms. The second-order valence-electron chi connectivity index (χ2n) is 7.50. The minimum atomic E-state index is -0.149. The Morgan fingerprint density at radius 3 is 2.72 bits per heavy atom. The third kappa shape index (κ3) is 3.95. The average molecular weight is 459 g/mol. The van der Waals surface area contributed by atoms with Gasteiger partial charge in [-0.05, 0) is 91.8 Å². The standard InChI is InChI=1S/C25H19ClN4OS/c1-15-12-18(16(2)30(15)21-9-10-22-17(13-21)4-3-11-27-22)14-23-24(31)29-25(32-23)28-20-7-5-19(26)6-8-20/h3-14H,1-2H3,(H,28,29,31)/b23-14-. The van der Waals surface area contributed by atoms with Crippen LogP contribution in [0.4, 0.5) is 5.69 Å². The van der Waals surface area contributed by atoms with Crippen LogP contribution in [0.15, 0.2) is 76.8 Å². The summed E-state index contributed by atoms with van der Waals surface area (Å²) in [4.78, 5) is 22.0. The normalized spacial score (nSPS) is 16.3. The molecule has 1 saturated heterocycles. The van der Waals surface area contributed by atoms with Gasteiger partial charge in [-0.25, -0.2) is 4.99 Å². The molecule has 2 aromatic carbocycles. The van der Waals surface area contributed by atoms with Gasteiger partial charge in [-0.2, -0.15) is 0 Å². The molecule has 2 aromatic heterocycles. The van der Waals surface area contributed by atoms with Crippen molar-refractivity contribution in [2.45, 2.75) is 13.8 Å². The van der Waals surface area contributed by atoms with Crippen LogP contribution in [-0.2, 0) is 4.79 Å². The summed E-state index contributed by atoms with van der Waals surface area (Å²) in [6.45, 7) is 4.13. The first kappa shape index (κ1) is 20.5. The summed E-state index contributed by atoms with van der Waals surface area (Å²) in [7, 11) is 0. The van der Waals surface area contributed by atoms with E-state index in [9.17, 15) is 4.79 Å². The van der Waals surface area contributed by atoms with Crippen LogP contribution < -0.4 is 5.32 Å². The number of aliphatic imine (C=N–C) groups is 1. The summed E-state index contributed by atoms with van der Waals surface area (Å²) < 4.78 is 2.19. The Morgan fingerprint density at radius 1 is 1.09 bits per heavy atom. The summed E-state index contributed by atoms with van der Waals surface area (Å²) >= 11 is 7.26. The summed E-state index contributed by atoms with van der Waals surface area (Å²) in [6, 6.07) is 19.5. The van der Waals surface area contributed by atoms with E-state index < -0.39 is 0 Å². The molecular weight excluding hydrogens is 440 g/mol. The molecule has 0 unspecified atom stereocenters. The highest BCUT2D eigenvalue weighted by Gasteiger charge is 2.24. The van der Waals surface area contributed by atoms with Crippen LogP contribution in [0, 0.1) is 13.8 Å². The van der Waals surface area contributed by atoms with Crippen molar-refractivity contribution in [3.63, 3.8) is 0 Å². The maximum Gasteiger partial charge on any atom is 0.264 e. The Kier molecular flexibility index (Phi) is 5.33. The summed E-state index contributed by atoms with van der Waals surface area (Å²) in [6.07, 6.45) is 3.72. The van der Waals surface area contributed by atoms with Gasteiger partial charge in [-0.1, -0.05) is 17.7 Å². The maximum atomic E-state index is 12.5. The van der Waals surface area contributed by atoms with E-state index in [-0.39, 0.29) is 5.91 Å². The van der Waals surface area contributed by atoms with Crippen LogP contribution in [0.1, 0.15) is 17.0 Å². The van der Waals surface area contributed by atoms with Crippen molar-refractivity contribution in [3.8, 4) is 5.69 Å². The molecule has 0 radical (unpaired) electrons. The van der Waals surface area contributed by atoms with Crippen molar-refractivity contribution in [1.82, 2.24) is 14.9 Å². The zero-order valence-corrected chi connectivity index (χ0v) is 19.0. The molecule has 3 heterocycles. The minimum absolute atomic E-state index is 0.149. The van der Waals surface area contributed by atoms with E-state index in [4.69, 9.17) is 11.6 Å². The molecule has 1 fully saturated rings. The molecule has 1 aliphatic rings. The number of nitrogens with one attached hydrogen (secondary N) is 1. The number of benzene rings is 2. The van der Waals surface area contributed by atoms with Gasteiger partial charge in [0.25, 0.3) is 5.91 Å². The van der Waals surface area contributed by atoms with Gasteiger partial charge in [0.1, 0.15) is 0 Å². The molecule has 0 atom stereocenters. The highest BCUT2D eigenvalue weighted by molar-refractivity contribution is 8.18. The van der Waals surface area contributed by atoms with Gasteiger partial charge in [-0.15, -0.1) is 0 Å². The van der Waals surface area contributed by atoms with E-state index in [0.29, 0.717) is 15.1 Å². The summed E-state index contributed by atoms with van der Waals surface area (Å²) in [5.41, 5.74) is 5.93. The van der Waals surface area contributed by atoms with Gasteiger partial charge in [0.15, 0.2) is 5.17 Å². The van der Waals surface area contributed by atoms with Gasteiger partial charge < -0.3 is 9.88 Å². The lowest BCUT2D eigenvalue weighted by Gasteiger charge is -2.10. The molecule has 1 N–H and O–H groups in total. The van der Waals surface area contributed by atoms with E-state index in [1.807, 2.05) is 30.3 Å². The topological polar surface area (TPSA) is 59.3 Å². The Labute approximate surface area is 194 Å². The number of hydrogen-bond donors (Lipinski definition) is 1. The number of carbonyl (C=O) groups is 1. The number of amides is 1. The van der Waals surface area contributed by atoms with Crippen molar-refractivity contribution in [2.75, 3.05) is 0 Å². The van der Waals surface area contributed by atoms with Crippen molar-refractivity contribution in [3.05, 3.63) is 93.7 Å². The quantitative estimate of drug-likeness (QED) is 0.372. The fraction of sp³-hybridized carbons (Fsp3) is 0.0800. The fourth-order valence-corrected chi connectivity index (χ4v) is 4.75. The first-order valence-corrected chi connectivity index (χ1v) is 11.3. The zero-order valence-electron chi connectivity index (χ0n) is 17.5. The monoisotopic (exact) mass is 458 g/mol. The van der Waals surface area contributed by atoms with Crippen LogP contribution in [0.3, 0.4) is 0 Å². The lowest BCUT2D eigenvalue weighted by molar-refractivity contribution is -0.115. The number of fused-ring (bicyclic) bond motifs is 1. The van der Waals surface area contributed by atoms with Crippen molar-refractivity contribution < 1.29 is 4.79 Å². The molecule has 0 bridgehead atoms. The van der Waals surface area contributed by atoms with Gasteiger partial charge in [0, 0.05) is 33.7 Å². The molecule has 1 amide bonds. The van der Waals surface area contributed by atoms with E-state index >= 15 is 0 Å². The predicted molar refractivity (Wildman–Crippen MR) is 133 cm³/mol. The molecule has 5 nitrogen and oxygen atoms in total. The van der Waals surface area contributed by atoms with E-state index in [1.54, 1.807) is 18.3 Å². The second kappa shape index (κ2) is 8.30. The van der Waals surface area contributed by atoms with Gasteiger partial charge in [0.2, 0.25) is 0 Å². The van der Waals surface area contributed by atoms with Crippen LogP contribution in [0.2, 0.25) is 5.02 Å². The molecule has 0 saturated carbocycles. The molecule has 0 aliphatic carbocycles. The number of thioether (sulfide) groups is 1. The van der Waals surface area contributed by atoms with E-state index in [0.717, 1.165) is 39.2 Å². The Morgan fingerprint density at radius 2 is 1.91 bits per heavy atom. The largest absolute Gasteiger partial charge is 0.318 e. The highest BCUT2D eigenvalue weighted by Crippen LogP contribution is 2.31. The summed E-state index contributed by atoms with van der Waals surface area (Å²) in [5, 5.41) is 5.13. The number of carbonyl (C=O) groups excluding carboxylic acids is 1. The maximum absolute atomic E-state index is 12.5.